The number of phenolic OH excluding ortho intramolecular Hbond substituents is 1. The maximum atomic E-state index is 11.8. The van der Waals surface area contributed by atoms with Crippen LogP contribution in [0.15, 0.2) is 54.6 Å². The van der Waals surface area contributed by atoms with E-state index in [4.69, 9.17) is 15.9 Å². The lowest BCUT2D eigenvalue weighted by molar-refractivity contribution is -0.138. The molecule has 0 bridgehead atoms. The largest absolute Gasteiger partial charge is 0.534 e. The van der Waals surface area contributed by atoms with Gasteiger partial charge in [-0.2, -0.15) is 21.6 Å². The molecular weight excluding hydrogens is 391 g/mol. The number of hydrogen-bond donors (Lipinski definition) is 3. The van der Waals surface area contributed by atoms with E-state index >= 15 is 0 Å². The van der Waals surface area contributed by atoms with Gasteiger partial charge >= 0.3 is 21.6 Å². The Hall–Kier alpha value is -2.79. The van der Waals surface area contributed by atoms with E-state index in [2.05, 4.69) is 4.18 Å². The fourth-order valence-electron chi connectivity index (χ4n) is 1.62. The van der Waals surface area contributed by atoms with Crippen LogP contribution in [-0.2, 0) is 21.3 Å². The number of carboxylic acids is 1. The highest BCUT2D eigenvalue weighted by atomic mass is 32.2. The molecule has 148 valence electrons. The minimum Gasteiger partial charge on any atom is -0.508 e. The Bertz CT molecular complexity index is 839. The predicted molar refractivity (Wildman–Crippen MR) is 89.5 cm³/mol. The molecule has 0 radical (unpaired) electrons. The number of rotatable bonds is 5. The van der Waals surface area contributed by atoms with Gasteiger partial charge in [0.05, 0.1) is 0 Å². The summed E-state index contributed by atoms with van der Waals surface area (Å²) in [5.74, 6) is -1.23. The van der Waals surface area contributed by atoms with Crippen molar-refractivity contribution in [1.82, 2.24) is 0 Å². The molecule has 2 rings (SSSR count). The molecule has 0 spiro atoms. The van der Waals surface area contributed by atoms with Crippen LogP contribution >= 0.6 is 0 Å². The van der Waals surface area contributed by atoms with Gasteiger partial charge in [0.1, 0.15) is 17.5 Å². The van der Waals surface area contributed by atoms with E-state index in [9.17, 15) is 26.4 Å². The summed E-state index contributed by atoms with van der Waals surface area (Å²) < 4.78 is 60.2. The molecule has 0 fully saturated rings. The zero-order chi connectivity index (χ0) is 20.7. The Kier molecular flexibility index (Phi) is 7.61. The first-order chi connectivity index (χ1) is 12.4. The van der Waals surface area contributed by atoms with E-state index in [0.29, 0.717) is 0 Å². The van der Waals surface area contributed by atoms with Gasteiger partial charge in [-0.25, -0.2) is 0 Å². The number of carboxylic acid groups (broad SMARTS) is 1. The van der Waals surface area contributed by atoms with Crippen LogP contribution in [0.2, 0.25) is 0 Å². The third kappa shape index (κ3) is 7.54. The first kappa shape index (κ1) is 22.3. The maximum absolute atomic E-state index is 11.8. The molecule has 0 saturated heterocycles. The van der Waals surface area contributed by atoms with Crippen molar-refractivity contribution in [3.63, 3.8) is 0 Å². The molecule has 1 unspecified atom stereocenters. The molecule has 1 atom stereocenters. The maximum Gasteiger partial charge on any atom is 0.534 e. The minimum absolute atomic E-state index is 0.160. The molecule has 0 aromatic heterocycles. The lowest BCUT2D eigenvalue weighted by Crippen LogP contribution is -2.32. The fraction of sp³-hybridized carbons (Fsp3) is 0.188. The first-order valence-corrected chi connectivity index (χ1v) is 8.65. The fourth-order valence-corrected chi connectivity index (χ4v) is 2.08. The van der Waals surface area contributed by atoms with Gasteiger partial charge in [-0.15, -0.1) is 0 Å². The van der Waals surface area contributed by atoms with Crippen LogP contribution in [0.3, 0.4) is 0 Å². The average Bonchev–Trinajstić information content (AvgIpc) is 2.57. The van der Waals surface area contributed by atoms with E-state index < -0.39 is 27.6 Å². The summed E-state index contributed by atoms with van der Waals surface area (Å²) in [5, 5.41) is 17.5. The van der Waals surface area contributed by atoms with Gasteiger partial charge in [0.15, 0.2) is 0 Å². The predicted octanol–water partition coefficient (Wildman–Crippen LogP) is 2.26. The number of benzene rings is 2. The minimum atomic E-state index is -5.55. The first-order valence-electron chi connectivity index (χ1n) is 7.24. The van der Waals surface area contributed by atoms with Crippen LogP contribution in [-0.4, -0.2) is 36.2 Å². The highest BCUT2D eigenvalue weighted by molar-refractivity contribution is 7.88. The van der Waals surface area contributed by atoms with Crippen molar-refractivity contribution in [2.24, 2.45) is 5.73 Å². The Morgan fingerprint density at radius 2 is 1.59 bits per heavy atom. The number of alkyl halides is 3. The zero-order valence-corrected chi connectivity index (χ0v) is 14.4. The van der Waals surface area contributed by atoms with E-state index in [0.717, 1.165) is 17.7 Å². The molecule has 0 aliphatic carbocycles. The lowest BCUT2D eigenvalue weighted by atomic mass is 10.1. The van der Waals surface area contributed by atoms with E-state index in [1.165, 1.54) is 30.3 Å². The van der Waals surface area contributed by atoms with Crippen LogP contribution < -0.4 is 9.92 Å². The van der Waals surface area contributed by atoms with Gasteiger partial charge < -0.3 is 20.1 Å². The Morgan fingerprint density at radius 1 is 1.07 bits per heavy atom. The molecule has 7 nitrogen and oxygen atoms in total. The third-order valence-electron chi connectivity index (χ3n) is 2.94. The normalized spacial score (nSPS) is 12.4. The summed E-state index contributed by atoms with van der Waals surface area (Å²) in [6, 6.07) is 11.9. The standard InChI is InChI=1S/C9H11NO3.C7H5F3O3S/c10-8(9(12)13)5-6-1-3-7(11)4-2-6;8-7(9,10)14(11,12)13-6-4-2-1-3-5-6/h1-4,8,11H,5,10H2,(H,12,13);1-5H. The van der Waals surface area contributed by atoms with Crippen LogP contribution in [0.4, 0.5) is 13.2 Å². The Morgan fingerprint density at radius 3 is 2.04 bits per heavy atom. The van der Waals surface area contributed by atoms with Crippen molar-refractivity contribution < 1.29 is 40.8 Å². The van der Waals surface area contributed by atoms with Gasteiger partial charge in [-0.05, 0) is 36.2 Å². The molecule has 0 amide bonds. The number of aliphatic carboxylic acids is 1. The van der Waals surface area contributed by atoms with Gasteiger partial charge in [-0.3, -0.25) is 4.79 Å². The molecule has 11 heteroatoms. The summed E-state index contributed by atoms with van der Waals surface area (Å²) in [7, 11) is -5.55. The van der Waals surface area contributed by atoms with Crippen LogP contribution in [0.1, 0.15) is 5.56 Å². The molecule has 27 heavy (non-hydrogen) atoms. The Balaban J connectivity index is 0.000000271. The summed E-state index contributed by atoms with van der Waals surface area (Å²) in [4.78, 5) is 10.4. The monoisotopic (exact) mass is 407 g/mol. The molecule has 0 heterocycles. The van der Waals surface area contributed by atoms with Crippen LogP contribution in [0.25, 0.3) is 0 Å². The topological polar surface area (TPSA) is 127 Å². The van der Waals surface area contributed by atoms with Gasteiger partial charge in [-0.1, -0.05) is 30.3 Å². The van der Waals surface area contributed by atoms with Crippen molar-refractivity contribution in [2.45, 2.75) is 18.0 Å². The van der Waals surface area contributed by atoms with E-state index in [1.54, 1.807) is 12.1 Å². The van der Waals surface area contributed by atoms with Crippen molar-refractivity contribution in [3.05, 3.63) is 60.2 Å². The second-order valence-corrected chi connectivity index (χ2v) is 6.65. The van der Waals surface area contributed by atoms with E-state index in [-0.39, 0.29) is 17.9 Å². The smallest absolute Gasteiger partial charge is 0.508 e. The number of nitrogens with two attached hydrogens (primary N) is 1. The van der Waals surface area contributed by atoms with E-state index in [1.807, 2.05) is 0 Å². The molecule has 2 aromatic rings. The lowest BCUT2D eigenvalue weighted by Gasteiger charge is -2.08. The summed E-state index contributed by atoms with van der Waals surface area (Å²) in [6.07, 6.45) is 0.273. The van der Waals surface area contributed by atoms with Gasteiger partial charge in [0.2, 0.25) is 0 Å². The second kappa shape index (κ2) is 9.24. The highest BCUT2D eigenvalue weighted by Crippen LogP contribution is 2.26. The third-order valence-corrected chi connectivity index (χ3v) is 3.92. The number of carbonyl (C=O) groups is 1. The SMILES string of the molecule is NC(Cc1ccc(O)cc1)C(=O)O.O=S(=O)(Oc1ccccc1)C(F)(F)F. The van der Waals surface area contributed by atoms with Gasteiger partial charge in [0.25, 0.3) is 0 Å². The van der Waals surface area contributed by atoms with Gasteiger partial charge in [0, 0.05) is 0 Å². The molecule has 0 saturated carbocycles. The van der Waals surface area contributed by atoms with Crippen LogP contribution in [0, 0.1) is 0 Å². The van der Waals surface area contributed by atoms with Crippen molar-refractivity contribution in [2.75, 3.05) is 0 Å². The molecule has 0 aliphatic rings. The average molecular weight is 407 g/mol. The molecular formula is C16H16F3NO6S. The number of hydrogen-bond acceptors (Lipinski definition) is 6. The Labute approximate surface area is 152 Å². The zero-order valence-electron chi connectivity index (χ0n) is 13.6. The second-order valence-electron chi connectivity index (χ2n) is 5.11. The van der Waals surface area contributed by atoms with Crippen molar-refractivity contribution >= 4 is 16.1 Å². The molecule has 0 aliphatic heterocycles. The number of halogens is 3. The number of aromatic hydroxyl groups is 1. The number of phenols is 1. The van der Waals surface area contributed by atoms with Crippen molar-refractivity contribution in [3.8, 4) is 11.5 Å². The highest BCUT2D eigenvalue weighted by Gasteiger charge is 2.48. The summed E-state index contributed by atoms with van der Waals surface area (Å²) in [6.45, 7) is 0. The number of para-hydroxylation sites is 1. The molecule has 2 aromatic carbocycles. The quantitative estimate of drug-likeness (QED) is 0.512. The molecule has 4 N–H and O–H groups in total. The summed E-state index contributed by atoms with van der Waals surface area (Å²) in [5.41, 5.74) is 0.723. The van der Waals surface area contributed by atoms with Crippen LogP contribution in [0.5, 0.6) is 11.5 Å². The summed E-state index contributed by atoms with van der Waals surface area (Å²) >= 11 is 0. The van der Waals surface area contributed by atoms with Crippen molar-refractivity contribution in [1.29, 1.82) is 0 Å².